The highest BCUT2D eigenvalue weighted by Crippen LogP contribution is 2.30. The average molecular weight is 387 g/mol. The van der Waals surface area contributed by atoms with Crippen LogP contribution in [0.1, 0.15) is 15.4 Å². The van der Waals surface area contributed by atoms with Crippen LogP contribution in [-0.2, 0) is 6.54 Å². The van der Waals surface area contributed by atoms with Crippen LogP contribution in [0.25, 0.3) is 10.4 Å². The van der Waals surface area contributed by atoms with Gasteiger partial charge in [0.2, 0.25) is 0 Å². The van der Waals surface area contributed by atoms with Gasteiger partial charge >= 0.3 is 0 Å². The first-order valence-electron chi connectivity index (χ1n) is 8.59. The predicted molar refractivity (Wildman–Crippen MR) is 105 cm³/mol. The third kappa shape index (κ3) is 3.85. The SMILES string of the molecule is O=C(c1ccco1)N1CCN(Cc2ccc(-c3cccc(Cl)c3)s2)CC1. The standard InChI is InChI=1S/C20H19ClN2O2S/c21-16-4-1-3-15(13-16)19-7-6-17(26-19)14-22-8-10-23(11-9-22)20(24)18-5-2-12-25-18/h1-7,12-13H,8-11,14H2. The Bertz CT molecular complexity index is 883. The molecule has 4 nitrogen and oxygen atoms in total. The Balaban J connectivity index is 1.34. The maximum Gasteiger partial charge on any atom is 0.289 e. The van der Waals surface area contributed by atoms with Gasteiger partial charge in [0.15, 0.2) is 5.76 Å². The van der Waals surface area contributed by atoms with E-state index in [1.165, 1.54) is 16.0 Å². The van der Waals surface area contributed by atoms with Crippen LogP contribution in [0.2, 0.25) is 5.02 Å². The predicted octanol–water partition coefficient (Wildman–Crippen LogP) is 4.62. The summed E-state index contributed by atoms with van der Waals surface area (Å²) in [5, 5.41) is 0.759. The Labute approximate surface area is 161 Å². The summed E-state index contributed by atoms with van der Waals surface area (Å²) in [5.41, 5.74) is 1.16. The Kier molecular flexibility index (Phi) is 5.11. The molecule has 3 aromatic rings. The van der Waals surface area contributed by atoms with Crippen LogP contribution in [0, 0.1) is 0 Å². The Hall–Kier alpha value is -2.08. The highest BCUT2D eigenvalue weighted by atomic mass is 35.5. The molecule has 1 saturated heterocycles. The smallest absolute Gasteiger partial charge is 0.289 e. The van der Waals surface area contributed by atoms with Crippen LogP contribution < -0.4 is 0 Å². The second-order valence-corrected chi connectivity index (χ2v) is 7.93. The van der Waals surface area contributed by atoms with Crippen molar-refractivity contribution in [2.75, 3.05) is 26.2 Å². The molecule has 134 valence electrons. The number of halogens is 1. The first-order valence-corrected chi connectivity index (χ1v) is 9.78. The molecule has 3 heterocycles. The van der Waals surface area contributed by atoms with Crippen LogP contribution in [0.5, 0.6) is 0 Å². The van der Waals surface area contributed by atoms with E-state index in [1.807, 2.05) is 23.1 Å². The lowest BCUT2D eigenvalue weighted by Crippen LogP contribution is -2.48. The maximum absolute atomic E-state index is 12.3. The summed E-state index contributed by atoms with van der Waals surface area (Å²) >= 11 is 7.89. The van der Waals surface area contributed by atoms with E-state index in [9.17, 15) is 4.79 Å². The van der Waals surface area contributed by atoms with Gasteiger partial charge in [-0.05, 0) is 42.0 Å². The van der Waals surface area contributed by atoms with Crippen molar-refractivity contribution in [2.45, 2.75) is 6.54 Å². The van der Waals surface area contributed by atoms with Crippen molar-refractivity contribution >= 4 is 28.8 Å². The second-order valence-electron chi connectivity index (χ2n) is 6.32. The summed E-state index contributed by atoms with van der Waals surface area (Å²) < 4.78 is 5.21. The van der Waals surface area contributed by atoms with Gasteiger partial charge in [0.1, 0.15) is 0 Å². The quantitative estimate of drug-likeness (QED) is 0.656. The number of carbonyl (C=O) groups excluding carboxylic acids is 1. The van der Waals surface area contributed by atoms with Gasteiger partial charge in [-0.15, -0.1) is 11.3 Å². The van der Waals surface area contributed by atoms with Crippen molar-refractivity contribution in [1.29, 1.82) is 0 Å². The first-order chi connectivity index (χ1) is 12.7. The average Bonchev–Trinajstić information content (AvgIpc) is 3.34. The monoisotopic (exact) mass is 386 g/mol. The number of rotatable bonds is 4. The number of nitrogens with zero attached hydrogens (tertiary/aromatic N) is 2. The summed E-state index contributed by atoms with van der Waals surface area (Å²) in [6.07, 6.45) is 1.54. The third-order valence-electron chi connectivity index (χ3n) is 4.54. The number of benzene rings is 1. The molecular weight excluding hydrogens is 368 g/mol. The molecule has 0 unspecified atom stereocenters. The molecule has 1 amide bonds. The van der Waals surface area contributed by atoms with Crippen molar-refractivity contribution in [3.8, 4) is 10.4 Å². The zero-order valence-corrected chi connectivity index (χ0v) is 15.8. The van der Waals surface area contributed by atoms with Crippen LogP contribution in [0.3, 0.4) is 0 Å². The minimum Gasteiger partial charge on any atom is -0.459 e. The molecule has 0 spiro atoms. The first kappa shape index (κ1) is 17.3. The number of hydrogen-bond donors (Lipinski definition) is 0. The van der Waals surface area contributed by atoms with Crippen LogP contribution in [0.15, 0.2) is 59.2 Å². The Morgan fingerprint density at radius 3 is 2.65 bits per heavy atom. The zero-order chi connectivity index (χ0) is 17.9. The van der Waals surface area contributed by atoms with Crippen LogP contribution >= 0.6 is 22.9 Å². The molecule has 0 saturated carbocycles. The zero-order valence-electron chi connectivity index (χ0n) is 14.2. The minimum atomic E-state index is -0.0194. The molecule has 0 atom stereocenters. The molecule has 1 aliphatic rings. The van der Waals surface area contributed by atoms with E-state index in [-0.39, 0.29) is 5.91 Å². The molecular formula is C20H19ClN2O2S. The van der Waals surface area contributed by atoms with Crippen LogP contribution in [0.4, 0.5) is 0 Å². The lowest BCUT2D eigenvalue weighted by Gasteiger charge is -2.34. The number of amides is 1. The van der Waals surface area contributed by atoms with E-state index in [4.69, 9.17) is 16.0 Å². The van der Waals surface area contributed by atoms with Crippen molar-refractivity contribution in [2.24, 2.45) is 0 Å². The van der Waals surface area contributed by atoms with Gasteiger partial charge in [0.25, 0.3) is 5.91 Å². The molecule has 0 N–H and O–H groups in total. The van der Waals surface area contributed by atoms with Crippen molar-refractivity contribution in [3.05, 3.63) is 70.5 Å². The molecule has 0 radical (unpaired) electrons. The van der Waals surface area contributed by atoms with Gasteiger partial charge in [0.05, 0.1) is 6.26 Å². The van der Waals surface area contributed by atoms with E-state index < -0.39 is 0 Å². The van der Waals surface area contributed by atoms with E-state index in [0.717, 1.165) is 43.3 Å². The van der Waals surface area contributed by atoms with Crippen molar-refractivity contribution in [3.63, 3.8) is 0 Å². The lowest BCUT2D eigenvalue weighted by atomic mass is 10.2. The van der Waals surface area contributed by atoms with E-state index in [1.54, 1.807) is 23.5 Å². The normalized spacial score (nSPS) is 15.3. The fraction of sp³-hybridized carbons (Fsp3) is 0.250. The lowest BCUT2D eigenvalue weighted by molar-refractivity contribution is 0.0599. The van der Waals surface area contributed by atoms with E-state index >= 15 is 0 Å². The van der Waals surface area contributed by atoms with Gasteiger partial charge in [-0.3, -0.25) is 9.69 Å². The fourth-order valence-corrected chi connectivity index (χ4v) is 4.38. The highest BCUT2D eigenvalue weighted by Gasteiger charge is 2.23. The highest BCUT2D eigenvalue weighted by molar-refractivity contribution is 7.15. The fourth-order valence-electron chi connectivity index (χ4n) is 3.15. The van der Waals surface area contributed by atoms with Crippen molar-refractivity contribution < 1.29 is 9.21 Å². The molecule has 1 aromatic carbocycles. The van der Waals surface area contributed by atoms with Gasteiger partial charge in [-0.25, -0.2) is 0 Å². The molecule has 2 aromatic heterocycles. The molecule has 1 aliphatic heterocycles. The largest absolute Gasteiger partial charge is 0.459 e. The van der Waals surface area contributed by atoms with Gasteiger partial charge < -0.3 is 9.32 Å². The van der Waals surface area contributed by atoms with Gasteiger partial charge in [-0.2, -0.15) is 0 Å². The summed E-state index contributed by atoms with van der Waals surface area (Å²) in [6.45, 7) is 4.11. The number of hydrogen-bond acceptors (Lipinski definition) is 4. The molecule has 0 aliphatic carbocycles. The van der Waals surface area contributed by atoms with Gasteiger partial charge in [0, 0.05) is 47.5 Å². The number of thiophene rings is 1. The molecule has 0 bridgehead atoms. The maximum atomic E-state index is 12.3. The topological polar surface area (TPSA) is 36.7 Å². The molecule has 26 heavy (non-hydrogen) atoms. The third-order valence-corrected chi connectivity index (χ3v) is 5.90. The summed E-state index contributed by atoms with van der Waals surface area (Å²) in [6, 6.07) is 15.8. The van der Waals surface area contributed by atoms with Gasteiger partial charge in [-0.1, -0.05) is 23.7 Å². The number of piperazine rings is 1. The minimum absolute atomic E-state index is 0.0194. The summed E-state index contributed by atoms with van der Waals surface area (Å²) in [7, 11) is 0. The molecule has 1 fully saturated rings. The van der Waals surface area contributed by atoms with E-state index in [0.29, 0.717) is 5.76 Å². The Morgan fingerprint density at radius 1 is 1.08 bits per heavy atom. The van der Waals surface area contributed by atoms with Crippen LogP contribution in [-0.4, -0.2) is 41.9 Å². The summed E-state index contributed by atoms with van der Waals surface area (Å²) in [5.74, 6) is 0.400. The molecule has 4 rings (SSSR count). The Morgan fingerprint density at radius 2 is 1.92 bits per heavy atom. The van der Waals surface area contributed by atoms with Crippen molar-refractivity contribution in [1.82, 2.24) is 9.80 Å². The molecule has 6 heteroatoms. The second kappa shape index (κ2) is 7.66. The number of carbonyl (C=O) groups is 1. The summed E-state index contributed by atoms with van der Waals surface area (Å²) in [4.78, 5) is 19.1. The number of furan rings is 1. The van der Waals surface area contributed by atoms with E-state index in [2.05, 4.69) is 23.1 Å².